The maximum Gasteiger partial charge on any atom is 0.408 e. The molecule has 0 aromatic carbocycles. The van der Waals surface area contributed by atoms with Crippen molar-refractivity contribution in [2.45, 2.75) is 58.3 Å². The van der Waals surface area contributed by atoms with Crippen molar-refractivity contribution < 1.29 is 19.4 Å². The normalized spacial score (nSPS) is 22.2. The second kappa shape index (κ2) is 5.36. The molecule has 1 atom stereocenters. The zero-order chi connectivity index (χ0) is 14.8. The summed E-state index contributed by atoms with van der Waals surface area (Å²) in [7, 11) is 0. The number of likely N-dealkylation sites (tertiary alicyclic amines) is 1. The number of hydrogen-bond donors (Lipinski definition) is 2. The van der Waals surface area contributed by atoms with Crippen molar-refractivity contribution in [3.05, 3.63) is 0 Å². The summed E-state index contributed by atoms with van der Waals surface area (Å²) in [5.41, 5.74) is -1.18. The van der Waals surface area contributed by atoms with E-state index < -0.39 is 23.3 Å². The third-order valence-corrected chi connectivity index (χ3v) is 3.22. The number of nitrogens with zero attached hydrogens (tertiary/aromatic N) is 1. The second-order valence-electron chi connectivity index (χ2n) is 6.36. The highest BCUT2D eigenvalue weighted by Gasteiger charge is 2.42. The first kappa shape index (κ1) is 15.8. The van der Waals surface area contributed by atoms with Crippen LogP contribution in [0.5, 0.6) is 0 Å². The number of rotatable bonds is 2. The summed E-state index contributed by atoms with van der Waals surface area (Å²) in [6, 6.07) is 0. The van der Waals surface area contributed by atoms with E-state index in [1.165, 1.54) is 0 Å². The molecule has 1 rings (SSSR count). The van der Waals surface area contributed by atoms with E-state index >= 15 is 0 Å². The minimum atomic E-state index is -0.613. The Kier molecular flexibility index (Phi) is 4.45. The third-order valence-electron chi connectivity index (χ3n) is 3.22. The van der Waals surface area contributed by atoms with Gasteiger partial charge in [0.25, 0.3) is 0 Å². The van der Waals surface area contributed by atoms with Gasteiger partial charge in [0.15, 0.2) is 0 Å². The number of ether oxygens (including phenoxy) is 1. The van der Waals surface area contributed by atoms with Gasteiger partial charge in [0.05, 0.1) is 11.6 Å². The van der Waals surface area contributed by atoms with Crippen molar-refractivity contribution in [2.75, 3.05) is 13.1 Å². The Hall–Kier alpha value is -1.30. The molecule has 1 unspecified atom stereocenters. The molecule has 0 aromatic heterocycles. The van der Waals surface area contributed by atoms with Gasteiger partial charge in [0.2, 0.25) is 5.91 Å². The average Bonchev–Trinajstić information content (AvgIpc) is 2.48. The monoisotopic (exact) mass is 272 g/mol. The molecule has 1 saturated heterocycles. The van der Waals surface area contributed by atoms with Gasteiger partial charge < -0.3 is 20.1 Å². The van der Waals surface area contributed by atoms with E-state index in [1.54, 1.807) is 25.7 Å². The number of aliphatic hydroxyl groups excluding tert-OH is 1. The maximum atomic E-state index is 12.0. The maximum absolute atomic E-state index is 12.0. The fourth-order valence-electron chi connectivity index (χ4n) is 2.08. The van der Waals surface area contributed by atoms with Crippen LogP contribution in [0.4, 0.5) is 4.79 Å². The molecule has 6 heteroatoms. The number of aliphatic hydroxyl groups is 1. The Morgan fingerprint density at radius 1 is 1.42 bits per heavy atom. The van der Waals surface area contributed by atoms with Crippen molar-refractivity contribution in [3.63, 3.8) is 0 Å². The van der Waals surface area contributed by atoms with E-state index in [0.717, 1.165) is 0 Å². The molecule has 19 heavy (non-hydrogen) atoms. The molecule has 0 bridgehead atoms. The van der Waals surface area contributed by atoms with Crippen LogP contribution >= 0.6 is 0 Å². The molecule has 6 nitrogen and oxygen atoms in total. The lowest BCUT2D eigenvalue weighted by molar-refractivity contribution is -0.135. The number of hydrogen-bond acceptors (Lipinski definition) is 4. The van der Waals surface area contributed by atoms with Crippen molar-refractivity contribution >= 4 is 12.0 Å². The van der Waals surface area contributed by atoms with Gasteiger partial charge in [-0.25, -0.2) is 4.79 Å². The van der Waals surface area contributed by atoms with Crippen molar-refractivity contribution in [1.29, 1.82) is 0 Å². The van der Waals surface area contributed by atoms with Gasteiger partial charge in [0.1, 0.15) is 12.1 Å². The van der Waals surface area contributed by atoms with Crippen LogP contribution in [-0.2, 0) is 9.53 Å². The van der Waals surface area contributed by atoms with E-state index in [0.29, 0.717) is 13.0 Å². The summed E-state index contributed by atoms with van der Waals surface area (Å²) in [4.78, 5) is 25.1. The predicted molar refractivity (Wildman–Crippen MR) is 70.7 cm³/mol. The Morgan fingerprint density at radius 3 is 2.42 bits per heavy atom. The van der Waals surface area contributed by atoms with Crippen LogP contribution in [0.25, 0.3) is 0 Å². The zero-order valence-corrected chi connectivity index (χ0v) is 12.3. The zero-order valence-electron chi connectivity index (χ0n) is 12.3. The van der Waals surface area contributed by atoms with Crippen molar-refractivity contribution in [1.82, 2.24) is 10.2 Å². The summed E-state index contributed by atoms with van der Waals surface area (Å²) in [5.74, 6) is -0.215. The molecule has 0 aromatic rings. The minimum Gasteiger partial charge on any atom is -0.444 e. The number of alkyl carbamates (subject to hydrolysis) is 1. The van der Waals surface area contributed by atoms with Crippen LogP contribution in [0.2, 0.25) is 0 Å². The molecule has 1 heterocycles. The van der Waals surface area contributed by atoms with Gasteiger partial charge in [-0.15, -0.1) is 0 Å². The number of carbonyl (C=O) groups is 2. The number of carbonyl (C=O) groups excluding carboxylic acids is 2. The number of nitrogens with one attached hydrogen (secondary N) is 1. The van der Waals surface area contributed by atoms with Crippen LogP contribution in [0, 0.1) is 0 Å². The van der Waals surface area contributed by atoms with Gasteiger partial charge in [-0.3, -0.25) is 4.79 Å². The minimum absolute atomic E-state index is 0.120. The van der Waals surface area contributed by atoms with E-state index in [9.17, 15) is 14.7 Å². The van der Waals surface area contributed by atoms with Crippen molar-refractivity contribution in [2.24, 2.45) is 0 Å². The van der Waals surface area contributed by atoms with Crippen LogP contribution < -0.4 is 5.32 Å². The van der Waals surface area contributed by atoms with Gasteiger partial charge >= 0.3 is 6.09 Å². The summed E-state index contributed by atoms with van der Waals surface area (Å²) >= 11 is 0. The van der Waals surface area contributed by atoms with E-state index in [-0.39, 0.29) is 12.5 Å². The lowest BCUT2D eigenvalue weighted by atomic mass is 9.99. The molecule has 0 radical (unpaired) electrons. The van der Waals surface area contributed by atoms with Crippen LogP contribution in [0.15, 0.2) is 0 Å². The first-order valence-corrected chi connectivity index (χ1v) is 6.49. The SMILES string of the molecule is CC(C)(C)OC(=O)NCC(=O)N1CCC(O)C1(C)C. The largest absolute Gasteiger partial charge is 0.444 e. The molecular formula is C13H24N2O4. The lowest BCUT2D eigenvalue weighted by Crippen LogP contribution is -2.51. The standard InChI is InChI=1S/C13H24N2O4/c1-12(2,3)19-11(18)14-8-10(17)15-7-6-9(16)13(15,4)5/h9,16H,6-8H2,1-5H3,(H,14,18). The van der Waals surface area contributed by atoms with Gasteiger partial charge in [-0.1, -0.05) is 0 Å². The van der Waals surface area contributed by atoms with Crippen LogP contribution in [-0.4, -0.2) is 52.3 Å². The van der Waals surface area contributed by atoms with Gasteiger partial charge in [-0.2, -0.15) is 0 Å². The average molecular weight is 272 g/mol. The van der Waals surface area contributed by atoms with Crippen LogP contribution in [0.3, 0.4) is 0 Å². The molecular weight excluding hydrogens is 248 g/mol. The first-order chi connectivity index (χ1) is 8.54. The van der Waals surface area contributed by atoms with Crippen LogP contribution in [0.1, 0.15) is 41.0 Å². The molecule has 1 fully saturated rings. The molecule has 0 saturated carbocycles. The molecule has 1 aliphatic heterocycles. The Balaban J connectivity index is 2.47. The second-order valence-corrected chi connectivity index (χ2v) is 6.36. The van der Waals surface area contributed by atoms with Gasteiger partial charge in [-0.05, 0) is 41.0 Å². The highest BCUT2D eigenvalue weighted by molar-refractivity contribution is 5.83. The number of amides is 2. The smallest absolute Gasteiger partial charge is 0.408 e. The summed E-state index contributed by atoms with van der Waals surface area (Å²) < 4.78 is 5.05. The Morgan fingerprint density at radius 2 is 2.00 bits per heavy atom. The topological polar surface area (TPSA) is 78.9 Å². The highest BCUT2D eigenvalue weighted by Crippen LogP contribution is 2.28. The lowest BCUT2D eigenvalue weighted by Gasteiger charge is -2.33. The van der Waals surface area contributed by atoms with Gasteiger partial charge in [0, 0.05) is 6.54 Å². The fourth-order valence-corrected chi connectivity index (χ4v) is 2.08. The van der Waals surface area contributed by atoms with E-state index in [1.807, 2.05) is 13.8 Å². The van der Waals surface area contributed by atoms with Crippen molar-refractivity contribution in [3.8, 4) is 0 Å². The molecule has 1 aliphatic rings. The first-order valence-electron chi connectivity index (χ1n) is 6.49. The quantitative estimate of drug-likeness (QED) is 0.782. The highest BCUT2D eigenvalue weighted by atomic mass is 16.6. The molecule has 0 spiro atoms. The van der Waals surface area contributed by atoms with E-state index in [4.69, 9.17) is 4.74 Å². The summed E-state index contributed by atoms with van der Waals surface area (Å²) in [5, 5.41) is 12.2. The summed E-state index contributed by atoms with van der Waals surface area (Å²) in [6.45, 7) is 9.29. The Bertz CT molecular complexity index is 360. The molecule has 0 aliphatic carbocycles. The third kappa shape index (κ3) is 4.09. The van der Waals surface area contributed by atoms with E-state index in [2.05, 4.69) is 5.32 Å². The summed E-state index contributed by atoms with van der Waals surface area (Å²) in [6.07, 6.45) is -0.582. The predicted octanol–water partition coefficient (Wildman–Crippen LogP) is 0.883. The fraction of sp³-hybridized carbons (Fsp3) is 0.846. The molecule has 110 valence electrons. The molecule has 2 N–H and O–H groups in total. The molecule has 2 amide bonds. The Labute approximate surface area is 114 Å².